The van der Waals surface area contributed by atoms with Gasteiger partial charge in [-0.25, -0.2) is 4.98 Å². The molecule has 0 radical (unpaired) electrons. The van der Waals surface area contributed by atoms with Crippen LogP contribution in [0.5, 0.6) is 0 Å². The van der Waals surface area contributed by atoms with E-state index in [-0.39, 0.29) is 5.54 Å². The number of ether oxygens (including phenoxy) is 1. The summed E-state index contributed by atoms with van der Waals surface area (Å²) in [5.74, 6) is 0. The maximum Gasteiger partial charge on any atom is 0.0957 e. The highest BCUT2D eigenvalue weighted by Gasteiger charge is 2.19. The molecule has 0 aliphatic carbocycles. The molecule has 3 nitrogen and oxygen atoms in total. The Hall–Kier alpha value is -0.450. The molecule has 1 saturated heterocycles. The fraction of sp³-hybridized carbons (Fsp3) is 0.800. The number of hydrogen-bond donors (Lipinski definition) is 1. The first-order valence-electron chi connectivity index (χ1n) is 7.32. The maximum absolute atomic E-state index is 5.70. The minimum atomic E-state index is 0.156. The van der Waals surface area contributed by atoms with E-state index in [0.29, 0.717) is 6.10 Å². The largest absolute Gasteiger partial charge is 0.378 e. The monoisotopic (exact) mass is 282 g/mol. The predicted molar refractivity (Wildman–Crippen MR) is 80.8 cm³/mol. The van der Waals surface area contributed by atoms with Gasteiger partial charge in [0.2, 0.25) is 0 Å². The van der Waals surface area contributed by atoms with Crippen molar-refractivity contribution in [2.45, 2.75) is 71.6 Å². The first-order chi connectivity index (χ1) is 8.98. The Morgan fingerprint density at radius 1 is 1.42 bits per heavy atom. The average Bonchev–Trinajstić information content (AvgIpc) is 2.95. The van der Waals surface area contributed by atoms with Crippen molar-refractivity contribution in [3.63, 3.8) is 0 Å². The molecule has 1 aliphatic heterocycles. The second-order valence-corrected chi connectivity index (χ2v) is 7.44. The molecule has 0 aromatic carbocycles. The van der Waals surface area contributed by atoms with Crippen LogP contribution in [-0.4, -0.2) is 23.2 Å². The summed E-state index contributed by atoms with van der Waals surface area (Å²) in [6.45, 7) is 10.6. The van der Waals surface area contributed by atoms with Crippen LogP contribution in [-0.2, 0) is 24.1 Å². The highest BCUT2D eigenvalue weighted by molar-refractivity contribution is 7.11. The van der Waals surface area contributed by atoms with E-state index < -0.39 is 0 Å². The third-order valence-corrected chi connectivity index (χ3v) is 4.48. The molecule has 1 unspecified atom stereocenters. The van der Waals surface area contributed by atoms with Crippen molar-refractivity contribution in [2.24, 2.45) is 0 Å². The average molecular weight is 282 g/mol. The molecule has 1 fully saturated rings. The Bertz CT molecular complexity index is 403. The molecule has 0 amide bonds. The molecule has 2 heterocycles. The summed E-state index contributed by atoms with van der Waals surface area (Å²) >= 11 is 1.86. The van der Waals surface area contributed by atoms with Crippen LogP contribution in [0.3, 0.4) is 0 Å². The molecule has 1 aromatic heterocycles. The number of nitrogens with zero attached hydrogens (tertiary/aromatic N) is 1. The molecular weight excluding hydrogens is 256 g/mol. The van der Waals surface area contributed by atoms with Gasteiger partial charge in [-0.15, -0.1) is 11.3 Å². The highest BCUT2D eigenvalue weighted by Crippen LogP contribution is 2.24. The lowest BCUT2D eigenvalue weighted by Crippen LogP contribution is -2.35. The third kappa shape index (κ3) is 4.55. The molecule has 2 rings (SSSR count). The van der Waals surface area contributed by atoms with Crippen LogP contribution in [0, 0.1) is 0 Å². The number of rotatable bonds is 5. The second-order valence-electron chi connectivity index (χ2n) is 6.27. The van der Waals surface area contributed by atoms with Gasteiger partial charge < -0.3 is 10.1 Å². The minimum Gasteiger partial charge on any atom is -0.378 e. The Kier molecular flexibility index (Phi) is 4.98. The number of aryl methyl sites for hydroxylation is 1. The van der Waals surface area contributed by atoms with Crippen LogP contribution in [0.1, 0.15) is 56.1 Å². The molecule has 4 heteroatoms. The molecule has 1 aliphatic rings. The van der Waals surface area contributed by atoms with Gasteiger partial charge in [0.15, 0.2) is 0 Å². The summed E-state index contributed by atoms with van der Waals surface area (Å²) in [5.41, 5.74) is 1.42. The first kappa shape index (κ1) is 14.9. The third-order valence-electron chi connectivity index (χ3n) is 3.36. The fourth-order valence-corrected chi connectivity index (χ4v) is 3.45. The van der Waals surface area contributed by atoms with E-state index >= 15 is 0 Å². The van der Waals surface area contributed by atoms with E-state index in [0.717, 1.165) is 26.0 Å². The summed E-state index contributed by atoms with van der Waals surface area (Å²) in [6.07, 6.45) is 4.81. The van der Waals surface area contributed by atoms with E-state index in [1.165, 1.54) is 28.4 Å². The molecule has 0 spiro atoms. The van der Waals surface area contributed by atoms with Crippen molar-refractivity contribution in [2.75, 3.05) is 6.61 Å². The van der Waals surface area contributed by atoms with Crippen molar-refractivity contribution in [3.05, 3.63) is 15.6 Å². The molecule has 108 valence electrons. The lowest BCUT2D eigenvalue weighted by molar-refractivity contribution is 0.111. The smallest absolute Gasteiger partial charge is 0.0957 e. The quantitative estimate of drug-likeness (QED) is 0.899. The van der Waals surface area contributed by atoms with Crippen molar-refractivity contribution in [1.29, 1.82) is 0 Å². The summed E-state index contributed by atoms with van der Waals surface area (Å²) < 4.78 is 5.70. The van der Waals surface area contributed by atoms with Crippen molar-refractivity contribution in [3.8, 4) is 0 Å². The van der Waals surface area contributed by atoms with E-state index in [2.05, 4.69) is 33.0 Å². The SMILES string of the molecule is CCc1nc(CC2CCCO2)sc1CNC(C)(C)C. The van der Waals surface area contributed by atoms with Crippen LogP contribution in [0.15, 0.2) is 0 Å². The summed E-state index contributed by atoms with van der Waals surface area (Å²) in [6, 6.07) is 0. The molecule has 1 N–H and O–H groups in total. The normalized spacial score (nSPS) is 20.1. The summed E-state index contributed by atoms with van der Waals surface area (Å²) in [4.78, 5) is 6.19. The first-order valence-corrected chi connectivity index (χ1v) is 8.13. The van der Waals surface area contributed by atoms with Crippen LogP contribution in [0.25, 0.3) is 0 Å². The molecule has 1 aromatic rings. The molecule has 0 saturated carbocycles. The van der Waals surface area contributed by atoms with Crippen molar-refractivity contribution >= 4 is 11.3 Å². The standard InChI is InChI=1S/C15H26N2OS/c1-5-12-13(10-16-15(2,3)4)19-14(17-12)9-11-7-6-8-18-11/h11,16H,5-10H2,1-4H3. The zero-order valence-electron chi connectivity index (χ0n) is 12.6. The number of aromatic nitrogens is 1. The van der Waals surface area contributed by atoms with Crippen LogP contribution in [0.4, 0.5) is 0 Å². The van der Waals surface area contributed by atoms with Gasteiger partial charge in [-0.05, 0) is 40.0 Å². The fourth-order valence-electron chi connectivity index (χ4n) is 2.28. The molecule has 0 bridgehead atoms. The minimum absolute atomic E-state index is 0.156. The van der Waals surface area contributed by atoms with Crippen LogP contribution < -0.4 is 5.32 Å². The van der Waals surface area contributed by atoms with E-state index in [1.807, 2.05) is 11.3 Å². The van der Waals surface area contributed by atoms with Gasteiger partial charge in [0.05, 0.1) is 16.8 Å². The van der Waals surface area contributed by atoms with Gasteiger partial charge in [0, 0.05) is 30.0 Å². The van der Waals surface area contributed by atoms with Crippen LogP contribution >= 0.6 is 11.3 Å². The van der Waals surface area contributed by atoms with Gasteiger partial charge in [-0.3, -0.25) is 0 Å². The van der Waals surface area contributed by atoms with Gasteiger partial charge in [-0.2, -0.15) is 0 Å². The lowest BCUT2D eigenvalue weighted by Gasteiger charge is -2.20. The maximum atomic E-state index is 5.70. The summed E-state index contributed by atoms with van der Waals surface area (Å²) in [5, 5.41) is 4.80. The van der Waals surface area contributed by atoms with E-state index in [9.17, 15) is 0 Å². The molecule has 1 atom stereocenters. The Balaban J connectivity index is 1.99. The van der Waals surface area contributed by atoms with Gasteiger partial charge >= 0.3 is 0 Å². The van der Waals surface area contributed by atoms with Gasteiger partial charge in [0.25, 0.3) is 0 Å². The summed E-state index contributed by atoms with van der Waals surface area (Å²) in [7, 11) is 0. The Labute approximate surface area is 120 Å². The van der Waals surface area contributed by atoms with Crippen molar-refractivity contribution in [1.82, 2.24) is 10.3 Å². The lowest BCUT2D eigenvalue weighted by atomic mass is 10.1. The predicted octanol–water partition coefficient (Wildman–Crippen LogP) is 3.32. The molecule has 19 heavy (non-hydrogen) atoms. The highest BCUT2D eigenvalue weighted by atomic mass is 32.1. The Morgan fingerprint density at radius 3 is 2.79 bits per heavy atom. The number of thiazole rings is 1. The van der Waals surface area contributed by atoms with E-state index in [1.54, 1.807) is 0 Å². The zero-order valence-corrected chi connectivity index (χ0v) is 13.4. The van der Waals surface area contributed by atoms with Gasteiger partial charge in [0.1, 0.15) is 0 Å². The van der Waals surface area contributed by atoms with Crippen molar-refractivity contribution < 1.29 is 4.74 Å². The van der Waals surface area contributed by atoms with Crippen LogP contribution in [0.2, 0.25) is 0 Å². The number of hydrogen-bond acceptors (Lipinski definition) is 4. The number of nitrogens with one attached hydrogen (secondary N) is 1. The Morgan fingerprint density at radius 2 is 2.21 bits per heavy atom. The second kappa shape index (κ2) is 6.33. The molecular formula is C15H26N2OS. The van der Waals surface area contributed by atoms with Gasteiger partial charge in [-0.1, -0.05) is 6.92 Å². The topological polar surface area (TPSA) is 34.1 Å². The van der Waals surface area contributed by atoms with E-state index in [4.69, 9.17) is 9.72 Å². The zero-order chi connectivity index (χ0) is 13.9.